The van der Waals surface area contributed by atoms with Gasteiger partial charge in [-0.15, -0.1) is 0 Å². The highest BCUT2D eigenvalue weighted by Gasteiger charge is 2.21. The van der Waals surface area contributed by atoms with E-state index in [0.717, 1.165) is 31.4 Å². The Balaban J connectivity index is 1.91. The Morgan fingerprint density at radius 2 is 2.05 bits per heavy atom. The summed E-state index contributed by atoms with van der Waals surface area (Å²) in [6, 6.07) is 7.47. The van der Waals surface area contributed by atoms with Crippen molar-refractivity contribution in [2.45, 2.75) is 51.7 Å². The Morgan fingerprint density at radius 3 is 2.71 bits per heavy atom. The third-order valence-electron chi connectivity index (χ3n) is 3.71. The first kappa shape index (κ1) is 15.8. The van der Waals surface area contributed by atoms with Crippen LogP contribution in [-0.2, 0) is 0 Å². The predicted molar refractivity (Wildman–Crippen MR) is 82.5 cm³/mol. The van der Waals surface area contributed by atoms with Crippen molar-refractivity contribution in [2.24, 2.45) is 5.92 Å². The molecule has 4 nitrogen and oxygen atoms in total. The summed E-state index contributed by atoms with van der Waals surface area (Å²) in [6.07, 6.45) is 3.02. The molecule has 0 aliphatic heterocycles. The average Bonchev–Trinajstić information content (AvgIpc) is 2.48. The van der Waals surface area contributed by atoms with Gasteiger partial charge in [-0.3, -0.25) is 4.79 Å². The SMILES string of the molecule is CC(C)COc1cccc(C(=O)NC2CCC(O)CC2)c1. The molecule has 2 N–H and O–H groups in total. The van der Waals surface area contributed by atoms with E-state index >= 15 is 0 Å². The number of carbonyl (C=O) groups is 1. The van der Waals surface area contributed by atoms with E-state index in [0.29, 0.717) is 18.1 Å². The highest BCUT2D eigenvalue weighted by Crippen LogP contribution is 2.19. The van der Waals surface area contributed by atoms with Crippen LogP contribution in [0.2, 0.25) is 0 Å². The first-order valence-corrected chi connectivity index (χ1v) is 7.76. The molecule has 1 aliphatic rings. The van der Waals surface area contributed by atoms with Crippen LogP contribution < -0.4 is 10.1 Å². The first-order valence-electron chi connectivity index (χ1n) is 7.76. The number of nitrogens with one attached hydrogen (secondary N) is 1. The summed E-state index contributed by atoms with van der Waals surface area (Å²) in [6.45, 7) is 4.83. The molecular formula is C17H25NO3. The third-order valence-corrected chi connectivity index (χ3v) is 3.71. The zero-order chi connectivity index (χ0) is 15.2. The molecule has 1 aliphatic carbocycles. The van der Waals surface area contributed by atoms with Crippen molar-refractivity contribution in [1.29, 1.82) is 0 Å². The summed E-state index contributed by atoms with van der Waals surface area (Å²) in [4.78, 5) is 12.3. The molecule has 0 atom stereocenters. The van der Waals surface area contributed by atoms with Crippen LogP contribution in [0.3, 0.4) is 0 Å². The monoisotopic (exact) mass is 291 g/mol. The largest absolute Gasteiger partial charge is 0.493 e. The van der Waals surface area contributed by atoms with Crippen LogP contribution in [0.15, 0.2) is 24.3 Å². The Morgan fingerprint density at radius 1 is 1.33 bits per heavy atom. The first-order chi connectivity index (χ1) is 10.0. The van der Waals surface area contributed by atoms with Crippen LogP contribution in [0.1, 0.15) is 49.9 Å². The molecular weight excluding hydrogens is 266 g/mol. The number of hydrogen-bond donors (Lipinski definition) is 2. The van der Waals surface area contributed by atoms with Crippen LogP contribution in [-0.4, -0.2) is 29.8 Å². The van der Waals surface area contributed by atoms with E-state index in [1.165, 1.54) is 0 Å². The van der Waals surface area contributed by atoms with Crippen LogP contribution in [0.25, 0.3) is 0 Å². The van der Waals surface area contributed by atoms with E-state index in [9.17, 15) is 9.90 Å². The number of aliphatic hydroxyl groups excluding tert-OH is 1. The summed E-state index contributed by atoms with van der Waals surface area (Å²) in [5.41, 5.74) is 0.627. The highest BCUT2D eigenvalue weighted by molar-refractivity contribution is 5.94. The predicted octanol–water partition coefficient (Wildman–Crippen LogP) is 2.75. The molecule has 116 valence electrons. The van der Waals surface area contributed by atoms with E-state index in [4.69, 9.17) is 4.74 Å². The molecule has 0 radical (unpaired) electrons. The standard InChI is InChI=1S/C17H25NO3/c1-12(2)11-21-16-5-3-4-13(10-16)17(20)18-14-6-8-15(19)9-7-14/h3-5,10,12,14-15,19H,6-9,11H2,1-2H3,(H,18,20). The van der Waals surface area contributed by atoms with E-state index in [2.05, 4.69) is 19.2 Å². The van der Waals surface area contributed by atoms with E-state index in [-0.39, 0.29) is 18.1 Å². The van der Waals surface area contributed by atoms with E-state index in [1.807, 2.05) is 12.1 Å². The van der Waals surface area contributed by atoms with Gasteiger partial charge in [0.2, 0.25) is 0 Å². The maximum Gasteiger partial charge on any atom is 0.251 e. The van der Waals surface area contributed by atoms with Crippen molar-refractivity contribution in [2.75, 3.05) is 6.61 Å². The minimum Gasteiger partial charge on any atom is -0.493 e. The summed E-state index contributed by atoms with van der Waals surface area (Å²) < 4.78 is 5.65. The van der Waals surface area contributed by atoms with Crippen molar-refractivity contribution < 1.29 is 14.6 Å². The molecule has 0 saturated heterocycles. The van der Waals surface area contributed by atoms with Crippen molar-refractivity contribution >= 4 is 5.91 Å². The van der Waals surface area contributed by atoms with Crippen LogP contribution in [0, 0.1) is 5.92 Å². The lowest BCUT2D eigenvalue weighted by Crippen LogP contribution is -2.38. The minimum atomic E-state index is -0.203. The number of aliphatic hydroxyl groups is 1. The van der Waals surface area contributed by atoms with Gasteiger partial charge in [0.1, 0.15) is 5.75 Å². The molecule has 0 spiro atoms. The van der Waals surface area contributed by atoms with Crippen LogP contribution in [0.4, 0.5) is 0 Å². The number of benzene rings is 1. The zero-order valence-corrected chi connectivity index (χ0v) is 12.8. The summed E-state index contributed by atoms with van der Waals surface area (Å²) >= 11 is 0. The maximum atomic E-state index is 12.3. The molecule has 1 amide bonds. The van der Waals surface area contributed by atoms with Crippen LogP contribution >= 0.6 is 0 Å². The van der Waals surface area contributed by atoms with Gasteiger partial charge in [0.25, 0.3) is 5.91 Å². The second-order valence-corrected chi connectivity index (χ2v) is 6.21. The number of hydrogen-bond acceptors (Lipinski definition) is 3. The van der Waals surface area contributed by atoms with Gasteiger partial charge in [-0.2, -0.15) is 0 Å². The lowest BCUT2D eigenvalue weighted by atomic mass is 9.93. The third kappa shape index (κ3) is 5.05. The molecule has 0 unspecified atom stereocenters. The lowest BCUT2D eigenvalue weighted by molar-refractivity contribution is 0.0867. The smallest absolute Gasteiger partial charge is 0.251 e. The summed E-state index contributed by atoms with van der Waals surface area (Å²) in [5, 5.41) is 12.5. The maximum absolute atomic E-state index is 12.3. The Kier molecular flexibility index (Phi) is 5.62. The van der Waals surface area contributed by atoms with Gasteiger partial charge in [0, 0.05) is 11.6 Å². The molecule has 4 heteroatoms. The van der Waals surface area contributed by atoms with Crippen molar-refractivity contribution in [3.8, 4) is 5.75 Å². The second-order valence-electron chi connectivity index (χ2n) is 6.21. The van der Waals surface area contributed by atoms with E-state index in [1.54, 1.807) is 12.1 Å². The van der Waals surface area contributed by atoms with Crippen molar-refractivity contribution in [1.82, 2.24) is 5.32 Å². The molecule has 1 aromatic carbocycles. The number of ether oxygens (including phenoxy) is 1. The van der Waals surface area contributed by atoms with Crippen molar-refractivity contribution in [3.63, 3.8) is 0 Å². The fraction of sp³-hybridized carbons (Fsp3) is 0.588. The molecule has 0 bridgehead atoms. The number of rotatable bonds is 5. The number of amides is 1. The average molecular weight is 291 g/mol. The second kappa shape index (κ2) is 7.46. The van der Waals surface area contributed by atoms with Crippen LogP contribution in [0.5, 0.6) is 5.75 Å². The van der Waals surface area contributed by atoms with Gasteiger partial charge in [-0.05, 0) is 49.8 Å². The highest BCUT2D eigenvalue weighted by atomic mass is 16.5. The molecule has 1 saturated carbocycles. The zero-order valence-electron chi connectivity index (χ0n) is 12.8. The normalized spacial score (nSPS) is 22.1. The van der Waals surface area contributed by atoms with Gasteiger partial charge in [-0.1, -0.05) is 19.9 Å². The van der Waals surface area contributed by atoms with Gasteiger partial charge in [0.05, 0.1) is 12.7 Å². The molecule has 1 fully saturated rings. The molecule has 1 aromatic rings. The fourth-order valence-electron chi connectivity index (χ4n) is 2.48. The van der Waals surface area contributed by atoms with Gasteiger partial charge in [-0.25, -0.2) is 0 Å². The quantitative estimate of drug-likeness (QED) is 0.877. The molecule has 0 heterocycles. The molecule has 2 rings (SSSR count). The lowest BCUT2D eigenvalue weighted by Gasteiger charge is -2.26. The minimum absolute atomic E-state index is 0.0635. The summed E-state index contributed by atoms with van der Waals surface area (Å²) in [7, 11) is 0. The van der Waals surface area contributed by atoms with Gasteiger partial charge < -0.3 is 15.2 Å². The fourth-order valence-corrected chi connectivity index (χ4v) is 2.48. The Bertz CT molecular complexity index is 465. The molecule has 21 heavy (non-hydrogen) atoms. The Labute approximate surface area is 126 Å². The number of carbonyl (C=O) groups excluding carboxylic acids is 1. The van der Waals surface area contributed by atoms with Gasteiger partial charge >= 0.3 is 0 Å². The topological polar surface area (TPSA) is 58.6 Å². The Hall–Kier alpha value is -1.55. The molecule has 0 aromatic heterocycles. The van der Waals surface area contributed by atoms with E-state index < -0.39 is 0 Å². The van der Waals surface area contributed by atoms with Crippen molar-refractivity contribution in [3.05, 3.63) is 29.8 Å². The summed E-state index contributed by atoms with van der Waals surface area (Å²) in [5.74, 6) is 1.12. The van der Waals surface area contributed by atoms with Gasteiger partial charge in [0.15, 0.2) is 0 Å².